The summed E-state index contributed by atoms with van der Waals surface area (Å²) in [5.74, 6) is 0. The van der Waals surface area contributed by atoms with E-state index in [2.05, 4.69) is 43.1 Å². The van der Waals surface area contributed by atoms with Gasteiger partial charge in [0.1, 0.15) is 5.01 Å². The molecule has 0 atom stereocenters. The van der Waals surface area contributed by atoms with Gasteiger partial charge in [0.15, 0.2) is 0 Å². The van der Waals surface area contributed by atoms with Crippen LogP contribution in [0.5, 0.6) is 0 Å². The largest absolute Gasteiger partial charge is 0.310 e. The van der Waals surface area contributed by atoms with Gasteiger partial charge in [0.2, 0.25) is 0 Å². The zero-order chi connectivity index (χ0) is 11.3. The summed E-state index contributed by atoms with van der Waals surface area (Å²) in [7, 11) is 4.21. The maximum atomic E-state index is 4.49. The minimum atomic E-state index is 0.909. The Morgan fingerprint density at radius 2 is 2.07 bits per heavy atom. The van der Waals surface area contributed by atoms with Crippen LogP contribution in [0.15, 0.2) is 0 Å². The minimum Gasteiger partial charge on any atom is -0.310 e. The Hall–Kier alpha value is -0.450. The average molecular weight is 227 g/mol. The molecule has 0 bridgehead atoms. The molecule has 0 aliphatic heterocycles. The van der Waals surface area contributed by atoms with E-state index in [1.807, 2.05) is 0 Å². The molecule has 1 aromatic rings. The topological polar surface area (TPSA) is 28.2 Å². The molecule has 4 heteroatoms. The molecular weight excluding hydrogens is 206 g/mol. The van der Waals surface area contributed by atoms with Gasteiger partial charge >= 0.3 is 0 Å². The van der Waals surface area contributed by atoms with Crippen LogP contribution >= 0.6 is 11.3 Å². The number of hydrogen-bond acceptors (Lipinski definition) is 4. The molecular formula is C11H21N3S. The smallest absolute Gasteiger partial charge is 0.107 e. The Balaban J connectivity index is 2.15. The van der Waals surface area contributed by atoms with Gasteiger partial charge in [-0.2, -0.15) is 0 Å². The first-order valence-electron chi connectivity index (χ1n) is 5.38. The molecule has 0 saturated carbocycles. The van der Waals surface area contributed by atoms with Crippen LogP contribution in [0.1, 0.15) is 22.0 Å². The SMILES string of the molecule is Cc1nc(CNCCCN(C)C)sc1C. The Morgan fingerprint density at radius 3 is 2.60 bits per heavy atom. The van der Waals surface area contributed by atoms with Gasteiger partial charge in [-0.3, -0.25) is 0 Å². The molecule has 1 aromatic heterocycles. The van der Waals surface area contributed by atoms with Crippen molar-refractivity contribution in [3.05, 3.63) is 15.6 Å². The highest BCUT2D eigenvalue weighted by Crippen LogP contribution is 2.15. The molecule has 0 radical (unpaired) electrons. The third-order valence-corrected chi connectivity index (χ3v) is 3.38. The maximum Gasteiger partial charge on any atom is 0.107 e. The van der Waals surface area contributed by atoms with Crippen LogP contribution in [0.3, 0.4) is 0 Å². The third-order valence-electron chi connectivity index (χ3n) is 2.31. The summed E-state index contributed by atoms with van der Waals surface area (Å²) in [6.07, 6.45) is 1.19. The molecule has 0 unspecified atom stereocenters. The summed E-state index contributed by atoms with van der Waals surface area (Å²) in [5, 5.41) is 4.62. The normalized spacial score (nSPS) is 11.3. The van der Waals surface area contributed by atoms with E-state index in [9.17, 15) is 0 Å². The van der Waals surface area contributed by atoms with Crippen molar-refractivity contribution in [3.8, 4) is 0 Å². The van der Waals surface area contributed by atoms with E-state index in [0.717, 1.165) is 19.6 Å². The Bertz CT molecular complexity index is 275. The summed E-state index contributed by atoms with van der Waals surface area (Å²) in [6.45, 7) is 7.31. The first-order chi connectivity index (χ1) is 7.09. The first-order valence-corrected chi connectivity index (χ1v) is 6.19. The molecule has 0 saturated heterocycles. The van der Waals surface area contributed by atoms with Gasteiger partial charge in [-0.25, -0.2) is 4.98 Å². The fraction of sp³-hybridized carbons (Fsp3) is 0.727. The van der Waals surface area contributed by atoms with E-state index in [1.165, 1.54) is 22.0 Å². The molecule has 0 amide bonds. The van der Waals surface area contributed by atoms with Crippen LogP contribution in [-0.4, -0.2) is 37.1 Å². The third kappa shape index (κ3) is 4.73. The lowest BCUT2D eigenvalue weighted by Crippen LogP contribution is -2.20. The Labute approximate surface area is 96.5 Å². The predicted octanol–water partition coefficient (Wildman–Crippen LogP) is 1.80. The summed E-state index contributed by atoms with van der Waals surface area (Å²) in [6, 6.07) is 0. The molecule has 3 nitrogen and oxygen atoms in total. The molecule has 1 heterocycles. The van der Waals surface area contributed by atoms with Crippen LogP contribution < -0.4 is 5.32 Å². The second kappa shape index (κ2) is 6.20. The van der Waals surface area contributed by atoms with Crippen LogP contribution in [0, 0.1) is 13.8 Å². The number of thiazole rings is 1. The van der Waals surface area contributed by atoms with Crippen molar-refractivity contribution in [3.63, 3.8) is 0 Å². The zero-order valence-electron chi connectivity index (χ0n) is 10.1. The van der Waals surface area contributed by atoms with Crippen LogP contribution in [-0.2, 0) is 6.54 Å². The minimum absolute atomic E-state index is 0.909. The fourth-order valence-electron chi connectivity index (χ4n) is 1.33. The van der Waals surface area contributed by atoms with Crippen molar-refractivity contribution in [2.24, 2.45) is 0 Å². The van der Waals surface area contributed by atoms with Gasteiger partial charge < -0.3 is 10.2 Å². The summed E-state index contributed by atoms with van der Waals surface area (Å²) in [4.78, 5) is 8.03. The summed E-state index contributed by atoms with van der Waals surface area (Å²) < 4.78 is 0. The highest BCUT2D eigenvalue weighted by molar-refractivity contribution is 7.11. The lowest BCUT2D eigenvalue weighted by molar-refractivity contribution is 0.394. The highest BCUT2D eigenvalue weighted by atomic mass is 32.1. The average Bonchev–Trinajstić information content (AvgIpc) is 2.45. The van der Waals surface area contributed by atoms with E-state index in [4.69, 9.17) is 0 Å². The zero-order valence-corrected chi connectivity index (χ0v) is 10.9. The quantitative estimate of drug-likeness (QED) is 0.751. The van der Waals surface area contributed by atoms with Gasteiger partial charge in [0.05, 0.1) is 5.69 Å². The van der Waals surface area contributed by atoms with Gasteiger partial charge in [-0.1, -0.05) is 0 Å². The van der Waals surface area contributed by atoms with Crippen LogP contribution in [0.25, 0.3) is 0 Å². The van der Waals surface area contributed by atoms with E-state index in [0.29, 0.717) is 0 Å². The van der Waals surface area contributed by atoms with E-state index >= 15 is 0 Å². The molecule has 0 spiro atoms. The molecule has 1 rings (SSSR count). The highest BCUT2D eigenvalue weighted by Gasteiger charge is 2.02. The lowest BCUT2D eigenvalue weighted by atomic mass is 10.4. The predicted molar refractivity (Wildman–Crippen MR) is 66.5 cm³/mol. The standard InChI is InChI=1S/C11H21N3S/c1-9-10(2)15-11(13-9)8-12-6-5-7-14(3)4/h12H,5-8H2,1-4H3. The number of nitrogens with one attached hydrogen (secondary N) is 1. The fourth-order valence-corrected chi connectivity index (χ4v) is 2.23. The number of nitrogens with zero attached hydrogens (tertiary/aromatic N) is 2. The van der Waals surface area contributed by atoms with Gasteiger partial charge in [0.25, 0.3) is 0 Å². The molecule has 1 N–H and O–H groups in total. The lowest BCUT2D eigenvalue weighted by Gasteiger charge is -2.08. The van der Waals surface area contributed by atoms with Crippen molar-refractivity contribution in [2.75, 3.05) is 27.2 Å². The van der Waals surface area contributed by atoms with Crippen molar-refractivity contribution in [1.29, 1.82) is 0 Å². The maximum absolute atomic E-state index is 4.49. The Morgan fingerprint density at radius 1 is 1.33 bits per heavy atom. The first kappa shape index (κ1) is 12.6. The van der Waals surface area contributed by atoms with Gasteiger partial charge in [-0.05, 0) is 47.5 Å². The van der Waals surface area contributed by atoms with Gasteiger partial charge in [0, 0.05) is 11.4 Å². The summed E-state index contributed by atoms with van der Waals surface area (Å²) >= 11 is 1.79. The molecule has 15 heavy (non-hydrogen) atoms. The second-order valence-corrected chi connectivity index (χ2v) is 5.37. The van der Waals surface area contributed by atoms with Crippen molar-refractivity contribution < 1.29 is 0 Å². The molecule has 0 aliphatic carbocycles. The number of aromatic nitrogens is 1. The van der Waals surface area contributed by atoms with E-state index in [1.54, 1.807) is 11.3 Å². The van der Waals surface area contributed by atoms with Gasteiger partial charge in [-0.15, -0.1) is 11.3 Å². The van der Waals surface area contributed by atoms with Crippen molar-refractivity contribution in [1.82, 2.24) is 15.2 Å². The Kier molecular flexibility index (Phi) is 5.22. The summed E-state index contributed by atoms with van der Waals surface area (Å²) in [5.41, 5.74) is 1.17. The number of rotatable bonds is 6. The molecule has 0 aromatic carbocycles. The second-order valence-electron chi connectivity index (χ2n) is 4.08. The number of aryl methyl sites for hydroxylation is 2. The van der Waals surface area contributed by atoms with E-state index < -0.39 is 0 Å². The van der Waals surface area contributed by atoms with Crippen molar-refractivity contribution in [2.45, 2.75) is 26.8 Å². The number of hydrogen-bond donors (Lipinski definition) is 1. The molecule has 0 aliphatic rings. The van der Waals surface area contributed by atoms with Crippen molar-refractivity contribution >= 4 is 11.3 Å². The van der Waals surface area contributed by atoms with Crippen LogP contribution in [0.4, 0.5) is 0 Å². The van der Waals surface area contributed by atoms with Crippen LogP contribution in [0.2, 0.25) is 0 Å². The molecule has 86 valence electrons. The monoisotopic (exact) mass is 227 g/mol. The molecule has 0 fully saturated rings. The van der Waals surface area contributed by atoms with E-state index in [-0.39, 0.29) is 0 Å².